The monoisotopic (exact) mass is 250 g/mol. The lowest BCUT2D eigenvalue weighted by molar-refractivity contribution is 0.386. The molecule has 1 heterocycles. The molecule has 2 unspecified atom stereocenters. The van der Waals surface area contributed by atoms with Gasteiger partial charge in [-0.05, 0) is 38.6 Å². The summed E-state index contributed by atoms with van der Waals surface area (Å²) < 4.78 is 2.08. The Labute approximate surface area is 110 Å². The van der Waals surface area contributed by atoms with Crippen molar-refractivity contribution in [2.24, 2.45) is 5.92 Å². The van der Waals surface area contributed by atoms with E-state index in [9.17, 15) is 0 Å². The number of hydrogen-bond donors (Lipinski definition) is 1. The highest BCUT2D eigenvalue weighted by molar-refractivity contribution is 4.89. The standard InChI is InChI=1S/C14H26N4/c1-3-8-18-14(16-11-17-18)10-12-6-4-5-7-13(9-12)15-2/h11-13,15H,3-10H2,1-2H3. The van der Waals surface area contributed by atoms with Crippen molar-refractivity contribution in [3.63, 3.8) is 0 Å². The van der Waals surface area contributed by atoms with Crippen LogP contribution in [0.3, 0.4) is 0 Å². The molecule has 1 N–H and O–H groups in total. The largest absolute Gasteiger partial charge is 0.317 e. The third-order valence-corrected chi connectivity index (χ3v) is 4.04. The van der Waals surface area contributed by atoms with Gasteiger partial charge in [-0.25, -0.2) is 4.98 Å². The van der Waals surface area contributed by atoms with Crippen molar-refractivity contribution in [2.45, 2.75) is 64.5 Å². The van der Waals surface area contributed by atoms with Crippen LogP contribution in [0.2, 0.25) is 0 Å². The first-order valence-electron chi connectivity index (χ1n) is 7.37. The fraction of sp³-hybridized carbons (Fsp3) is 0.857. The Morgan fingerprint density at radius 2 is 2.22 bits per heavy atom. The van der Waals surface area contributed by atoms with E-state index in [1.807, 2.05) is 0 Å². The van der Waals surface area contributed by atoms with Crippen molar-refractivity contribution < 1.29 is 0 Å². The van der Waals surface area contributed by atoms with Gasteiger partial charge in [-0.3, -0.25) is 4.68 Å². The van der Waals surface area contributed by atoms with Crippen LogP contribution in [-0.4, -0.2) is 27.9 Å². The summed E-state index contributed by atoms with van der Waals surface area (Å²) >= 11 is 0. The molecule has 0 aromatic carbocycles. The zero-order valence-corrected chi connectivity index (χ0v) is 11.7. The molecule has 0 spiro atoms. The predicted molar refractivity (Wildman–Crippen MR) is 73.4 cm³/mol. The quantitative estimate of drug-likeness (QED) is 0.816. The number of rotatable bonds is 5. The molecule has 4 nitrogen and oxygen atoms in total. The van der Waals surface area contributed by atoms with Crippen molar-refractivity contribution >= 4 is 0 Å². The van der Waals surface area contributed by atoms with Crippen LogP contribution < -0.4 is 5.32 Å². The SMILES string of the molecule is CCCn1ncnc1CC1CCCCC(NC)C1. The van der Waals surface area contributed by atoms with Crippen LogP contribution in [0.25, 0.3) is 0 Å². The molecule has 1 saturated carbocycles. The lowest BCUT2D eigenvalue weighted by Crippen LogP contribution is -2.27. The maximum atomic E-state index is 4.44. The summed E-state index contributed by atoms with van der Waals surface area (Å²) in [6.07, 6.45) is 10.6. The van der Waals surface area contributed by atoms with Gasteiger partial charge in [-0.1, -0.05) is 19.8 Å². The molecule has 0 saturated heterocycles. The van der Waals surface area contributed by atoms with Crippen LogP contribution in [0.1, 0.15) is 51.3 Å². The Morgan fingerprint density at radius 3 is 3.00 bits per heavy atom. The van der Waals surface area contributed by atoms with Gasteiger partial charge in [0.15, 0.2) is 0 Å². The smallest absolute Gasteiger partial charge is 0.138 e. The fourth-order valence-electron chi connectivity index (χ4n) is 3.01. The van der Waals surface area contributed by atoms with Crippen LogP contribution in [0, 0.1) is 5.92 Å². The molecule has 0 radical (unpaired) electrons. The van der Waals surface area contributed by atoms with E-state index in [0.29, 0.717) is 6.04 Å². The molecule has 1 aliphatic rings. The minimum Gasteiger partial charge on any atom is -0.317 e. The van der Waals surface area contributed by atoms with E-state index in [-0.39, 0.29) is 0 Å². The van der Waals surface area contributed by atoms with Gasteiger partial charge in [-0.15, -0.1) is 0 Å². The molecule has 4 heteroatoms. The fourth-order valence-corrected chi connectivity index (χ4v) is 3.01. The van der Waals surface area contributed by atoms with E-state index >= 15 is 0 Å². The van der Waals surface area contributed by atoms with Gasteiger partial charge in [-0.2, -0.15) is 5.10 Å². The van der Waals surface area contributed by atoms with Crippen LogP contribution >= 0.6 is 0 Å². The number of aryl methyl sites for hydroxylation is 1. The summed E-state index contributed by atoms with van der Waals surface area (Å²) in [5.41, 5.74) is 0. The van der Waals surface area contributed by atoms with Crippen LogP contribution in [0.4, 0.5) is 0 Å². The Balaban J connectivity index is 1.96. The van der Waals surface area contributed by atoms with Crippen molar-refractivity contribution in [2.75, 3.05) is 7.05 Å². The molecule has 1 aliphatic carbocycles. The normalized spacial score (nSPS) is 25.0. The third-order valence-electron chi connectivity index (χ3n) is 4.04. The summed E-state index contributed by atoms with van der Waals surface area (Å²) in [6, 6.07) is 0.694. The lowest BCUT2D eigenvalue weighted by Gasteiger charge is -2.19. The second-order valence-corrected chi connectivity index (χ2v) is 5.48. The van der Waals surface area contributed by atoms with Gasteiger partial charge in [0.2, 0.25) is 0 Å². The number of aromatic nitrogens is 3. The Morgan fingerprint density at radius 1 is 1.39 bits per heavy atom. The van der Waals surface area contributed by atoms with E-state index < -0.39 is 0 Å². The molecule has 0 amide bonds. The molecule has 1 aromatic heterocycles. The zero-order valence-electron chi connectivity index (χ0n) is 11.7. The van der Waals surface area contributed by atoms with E-state index in [0.717, 1.165) is 25.3 Å². The van der Waals surface area contributed by atoms with Crippen LogP contribution in [-0.2, 0) is 13.0 Å². The Bertz CT molecular complexity index is 347. The number of nitrogens with zero attached hydrogens (tertiary/aromatic N) is 3. The lowest BCUT2D eigenvalue weighted by atomic mass is 9.94. The predicted octanol–water partition coefficient (Wildman–Crippen LogP) is 2.40. The van der Waals surface area contributed by atoms with Crippen LogP contribution in [0.15, 0.2) is 6.33 Å². The molecule has 18 heavy (non-hydrogen) atoms. The van der Waals surface area contributed by atoms with Crippen LogP contribution in [0.5, 0.6) is 0 Å². The number of hydrogen-bond acceptors (Lipinski definition) is 3. The van der Waals surface area contributed by atoms with E-state index in [1.54, 1.807) is 6.33 Å². The van der Waals surface area contributed by atoms with Gasteiger partial charge in [0.25, 0.3) is 0 Å². The molecule has 1 fully saturated rings. The van der Waals surface area contributed by atoms with Gasteiger partial charge in [0, 0.05) is 19.0 Å². The molecule has 1 aromatic rings. The van der Waals surface area contributed by atoms with Crippen molar-refractivity contribution in [1.29, 1.82) is 0 Å². The van der Waals surface area contributed by atoms with E-state index in [4.69, 9.17) is 0 Å². The highest BCUT2D eigenvalue weighted by Gasteiger charge is 2.21. The first-order chi connectivity index (χ1) is 8.83. The van der Waals surface area contributed by atoms with Crippen molar-refractivity contribution in [3.8, 4) is 0 Å². The van der Waals surface area contributed by atoms with Gasteiger partial charge in [0.05, 0.1) is 0 Å². The van der Waals surface area contributed by atoms with Gasteiger partial charge >= 0.3 is 0 Å². The summed E-state index contributed by atoms with van der Waals surface area (Å²) in [5.74, 6) is 1.95. The molecular weight excluding hydrogens is 224 g/mol. The molecular formula is C14H26N4. The highest BCUT2D eigenvalue weighted by atomic mass is 15.3. The summed E-state index contributed by atoms with van der Waals surface area (Å²) in [5, 5.41) is 7.77. The molecule has 0 aliphatic heterocycles. The number of nitrogens with one attached hydrogen (secondary N) is 1. The highest BCUT2D eigenvalue weighted by Crippen LogP contribution is 2.25. The summed E-state index contributed by atoms with van der Waals surface area (Å²) in [6.45, 7) is 3.19. The van der Waals surface area contributed by atoms with Gasteiger partial charge in [0.1, 0.15) is 12.2 Å². The maximum Gasteiger partial charge on any atom is 0.138 e. The maximum absolute atomic E-state index is 4.44. The second-order valence-electron chi connectivity index (χ2n) is 5.48. The molecule has 2 rings (SSSR count). The van der Waals surface area contributed by atoms with Crippen molar-refractivity contribution in [3.05, 3.63) is 12.2 Å². The minimum atomic E-state index is 0.694. The molecule has 0 bridgehead atoms. The van der Waals surface area contributed by atoms with Gasteiger partial charge < -0.3 is 5.32 Å². The summed E-state index contributed by atoms with van der Waals surface area (Å²) in [7, 11) is 2.09. The topological polar surface area (TPSA) is 42.7 Å². The first-order valence-corrected chi connectivity index (χ1v) is 7.37. The second kappa shape index (κ2) is 6.88. The molecule has 2 atom stereocenters. The summed E-state index contributed by atoms with van der Waals surface area (Å²) in [4.78, 5) is 4.44. The first kappa shape index (κ1) is 13.5. The average molecular weight is 250 g/mol. The van der Waals surface area contributed by atoms with E-state index in [1.165, 1.54) is 37.9 Å². The molecule has 102 valence electrons. The minimum absolute atomic E-state index is 0.694. The zero-order chi connectivity index (χ0) is 12.8. The third kappa shape index (κ3) is 3.55. The Kier molecular flexibility index (Phi) is 5.17. The van der Waals surface area contributed by atoms with Crippen molar-refractivity contribution in [1.82, 2.24) is 20.1 Å². The van der Waals surface area contributed by atoms with E-state index in [2.05, 4.69) is 34.1 Å². The average Bonchev–Trinajstić information content (AvgIpc) is 2.67. The Hall–Kier alpha value is -0.900.